The molecule has 0 fully saturated rings. The molecule has 112 valence electrons. The molecule has 1 aromatic rings. The van der Waals surface area contributed by atoms with Crippen LogP contribution in [0.4, 0.5) is 0 Å². The molecule has 0 saturated carbocycles. The van der Waals surface area contributed by atoms with Gasteiger partial charge in [0.25, 0.3) is 5.24 Å². The second-order valence-electron chi connectivity index (χ2n) is 4.26. The Morgan fingerprint density at radius 2 is 1.19 bits per heavy atom. The molecular formula is C13H11ClO7. The predicted molar refractivity (Wildman–Crippen MR) is 70.6 cm³/mol. The maximum Gasteiger partial charge on any atom is 0.307 e. The van der Waals surface area contributed by atoms with E-state index in [-0.39, 0.29) is 22.3 Å². The lowest BCUT2D eigenvalue weighted by Crippen LogP contribution is -2.14. The zero-order valence-corrected chi connectivity index (χ0v) is 11.4. The van der Waals surface area contributed by atoms with Crippen molar-refractivity contribution in [3.8, 4) is 0 Å². The molecule has 8 heteroatoms. The van der Waals surface area contributed by atoms with E-state index in [9.17, 15) is 19.2 Å². The molecule has 21 heavy (non-hydrogen) atoms. The Hall–Kier alpha value is -2.41. The molecule has 0 bridgehead atoms. The van der Waals surface area contributed by atoms with Crippen LogP contribution in [0.3, 0.4) is 0 Å². The monoisotopic (exact) mass is 314 g/mol. The van der Waals surface area contributed by atoms with E-state index in [1.807, 2.05) is 0 Å². The van der Waals surface area contributed by atoms with Gasteiger partial charge in [0.05, 0.1) is 19.3 Å². The summed E-state index contributed by atoms with van der Waals surface area (Å²) in [6.45, 7) is 0. The van der Waals surface area contributed by atoms with Gasteiger partial charge in [0.15, 0.2) is 0 Å². The number of aliphatic carboxylic acids is 3. The first-order valence-electron chi connectivity index (χ1n) is 5.70. The highest BCUT2D eigenvalue weighted by atomic mass is 35.5. The fourth-order valence-electron chi connectivity index (χ4n) is 1.93. The number of benzene rings is 1. The van der Waals surface area contributed by atoms with Crippen LogP contribution in [-0.4, -0.2) is 38.5 Å². The van der Waals surface area contributed by atoms with E-state index < -0.39 is 42.4 Å². The van der Waals surface area contributed by atoms with Gasteiger partial charge in [0.1, 0.15) is 0 Å². The Morgan fingerprint density at radius 3 is 1.48 bits per heavy atom. The summed E-state index contributed by atoms with van der Waals surface area (Å²) in [6, 6.07) is 2.35. The molecule has 0 spiro atoms. The van der Waals surface area contributed by atoms with Gasteiger partial charge in [0, 0.05) is 5.56 Å². The molecule has 0 aliphatic carbocycles. The van der Waals surface area contributed by atoms with Gasteiger partial charge in [-0.05, 0) is 40.4 Å². The number of hydrogen-bond acceptors (Lipinski definition) is 4. The van der Waals surface area contributed by atoms with Gasteiger partial charge in [-0.25, -0.2) is 0 Å². The van der Waals surface area contributed by atoms with Crippen molar-refractivity contribution < 1.29 is 34.5 Å². The van der Waals surface area contributed by atoms with E-state index >= 15 is 0 Å². The highest BCUT2D eigenvalue weighted by molar-refractivity contribution is 6.67. The zero-order valence-electron chi connectivity index (χ0n) is 10.6. The fourth-order valence-corrected chi connectivity index (χ4v) is 2.04. The van der Waals surface area contributed by atoms with Gasteiger partial charge in [0.2, 0.25) is 0 Å². The third-order valence-corrected chi connectivity index (χ3v) is 2.89. The molecule has 3 N–H and O–H groups in total. The van der Waals surface area contributed by atoms with E-state index in [0.717, 1.165) is 0 Å². The summed E-state index contributed by atoms with van der Waals surface area (Å²) in [4.78, 5) is 43.8. The number of halogens is 1. The Balaban J connectivity index is 3.50. The zero-order chi connectivity index (χ0) is 16.2. The SMILES string of the molecule is O=C(O)Cc1cc(C(=O)Cl)cc(CC(=O)O)c1CC(=O)O. The molecular weight excluding hydrogens is 304 g/mol. The summed E-state index contributed by atoms with van der Waals surface area (Å²) in [5, 5.41) is 25.7. The highest BCUT2D eigenvalue weighted by Crippen LogP contribution is 2.22. The third kappa shape index (κ3) is 4.88. The lowest BCUT2D eigenvalue weighted by molar-refractivity contribution is -0.137. The average molecular weight is 315 g/mol. The molecule has 0 aliphatic rings. The molecule has 0 aromatic heterocycles. The summed E-state index contributed by atoms with van der Waals surface area (Å²) in [7, 11) is 0. The maximum absolute atomic E-state index is 11.2. The van der Waals surface area contributed by atoms with Gasteiger partial charge in [-0.15, -0.1) is 0 Å². The molecule has 0 atom stereocenters. The second-order valence-corrected chi connectivity index (χ2v) is 4.60. The highest BCUT2D eigenvalue weighted by Gasteiger charge is 2.19. The van der Waals surface area contributed by atoms with Crippen LogP contribution in [0.5, 0.6) is 0 Å². The van der Waals surface area contributed by atoms with E-state index in [2.05, 4.69) is 0 Å². The third-order valence-electron chi connectivity index (χ3n) is 2.67. The Labute approximate surface area is 123 Å². The van der Waals surface area contributed by atoms with Crippen LogP contribution < -0.4 is 0 Å². The average Bonchev–Trinajstić information content (AvgIpc) is 2.30. The minimum atomic E-state index is -1.24. The molecule has 0 heterocycles. The van der Waals surface area contributed by atoms with Crippen LogP contribution in [0.2, 0.25) is 0 Å². The maximum atomic E-state index is 11.2. The number of hydrogen-bond donors (Lipinski definition) is 3. The standard InChI is InChI=1S/C13H11ClO7/c14-13(21)8-1-6(3-10(15)16)9(5-12(19)20)7(2-8)4-11(17)18/h1-2H,3-5H2,(H,15,16)(H,17,18)(H,19,20). The Kier molecular flexibility index (Phi) is 5.43. The van der Waals surface area contributed by atoms with Crippen molar-refractivity contribution in [2.24, 2.45) is 0 Å². The van der Waals surface area contributed by atoms with Crippen molar-refractivity contribution in [1.29, 1.82) is 0 Å². The molecule has 0 unspecified atom stereocenters. The summed E-state index contributed by atoms with van der Waals surface area (Å²) < 4.78 is 0. The number of carboxylic acid groups (broad SMARTS) is 3. The first-order chi connectivity index (χ1) is 9.70. The van der Waals surface area contributed by atoms with E-state index in [0.29, 0.717) is 0 Å². The van der Waals surface area contributed by atoms with Crippen LogP contribution in [0, 0.1) is 0 Å². The van der Waals surface area contributed by atoms with E-state index in [1.54, 1.807) is 0 Å². The molecule has 1 aromatic carbocycles. The van der Waals surface area contributed by atoms with E-state index in [1.165, 1.54) is 12.1 Å². The summed E-state index contributed by atoms with van der Waals surface area (Å²) >= 11 is 5.33. The smallest absolute Gasteiger partial charge is 0.307 e. The first-order valence-corrected chi connectivity index (χ1v) is 6.08. The van der Waals surface area contributed by atoms with Crippen LogP contribution >= 0.6 is 11.6 Å². The van der Waals surface area contributed by atoms with Crippen molar-refractivity contribution in [3.63, 3.8) is 0 Å². The lowest BCUT2D eigenvalue weighted by atomic mass is 9.92. The van der Waals surface area contributed by atoms with Crippen molar-refractivity contribution in [1.82, 2.24) is 0 Å². The molecule has 0 amide bonds. The largest absolute Gasteiger partial charge is 0.481 e. The molecule has 1 rings (SSSR count). The van der Waals surface area contributed by atoms with Crippen LogP contribution in [0.25, 0.3) is 0 Å². The molecule has 0 aliphatic heterocycles. The fraction of sp³-hybridized carbons (Fsp3) is 0.231. The topological polar surface area (TPSA) is 129 Å². The summed E-state index contributed by atoms with van der Waals surface area (Å²) in [6.07, 6.45) is -1.61. The Bertz CT molecular complexity index is 584. The number of carbonyl (C=O) groups excluding carboxylic acids is 1. The summed E-state index contributed by atoms with van der Waals surface area (Å²) in [5.41, 5.74) is 0.132. The minimum Gasteiger partial charge on any atom is -0.481 e. The first kappa shape index (κ1) is 16.6. The van der Waals surface area contributed by atoms with Gasteiger partial charge in [-0.3, -0.25) is 19.2 Å². The van der Waals surface area contributed by atoms with Gasteiger partial charge in [-0.1, -0.05) is 0 Å². The van der Waals surface area contributed by atoms with Crippen LogP contribution in [-0.2, 0) is 33.6 Å². The van der Waals surface area contributed by atoms with E-state index in [4.69, 9.17) is 26.9 Å². The normalized spacial score (nSPS) is 10.1. The summed E-state index contributed by atoms with van der Waals surface area (Å²) in [5.74, 6) is -3.71. The van der Waals surface area contributed by atoms with Crippen LogP contribution in [0.15, 0.2) is 12.1 Å². The van der Waals surface area contributed by atoms with Crippen molar-refractivity contribution >= 4 is 34.8 Å². The van der Waals surface area contributed by atoms with Crippen LogP contribution in [0.1, 0.15) is 27.0 Å². The Morgan fingerprint density at radius 1 is 0.810 bits per heavy atom. The minimum absolute atomic E-state index is 0.0626. The van der Waals surface area contributed by atoms with Gasteiger partial charge < -0.3 is 15.3 Å². The molecule has 0 saturated heterocycles. The van der Waals surface area contributed by atoms with Gasteiger partial charge >= 0.3 is 17.9 Å². The predicted octanol–water partition coefficient (Wildman–Crippen LogP) is 0.947. The molecule has 7 nitrogen and oxygen atoms in total. The lowest BCUT2D eigenvalue weighted by Gasteiger charge is -2.13. The molecule has 0 radical (unpaired) electrons. The van der Waals surface area contributed by atoms with Crippen molar-refractivity contribution in [2.75, 3.05) is 0 Å². The van der Waals surface area contributed by atoms with Gasteiger partial charge in [-0.2, -0.15) is 0 Å². The quantitative estimate of drug-likeness (QED) is 0.639. The number of carboxylic acids is 3. The van der Waals surface area contributed by atoms with Crippen molar-refractivity contribution in [2.45, 2.75) is 19.3 Å². The number of carbonyl (C=O) groups is 4. The van der Waals surface area contributed by atoms with Crippen molar-refractivity contribution in [3.05, 3.63) is 34.4 Å². The second kappa shape index (κ2) is 6.85. The number of rotatable bonds is 7.